The summed E-state index contributed by atoms with van der Waals surface area (Å²) in [5, 5.41) is 0. The topological polar surface area (TPSA) is 12.5 Å². The van der Waals surface area contributed by atoms with Crippen LogP contribution in [0, 0.1) is 0 Å². The van der Waals surface area contributed by atoms with Crippen LogP contribution < -0.4 is 4.74 Å². The second-order valence-electron chi connectivity index (χ2n) is 7.06. The van der Waals surface area contributed by atoms with Crippen LogP contribution in [0.1, 0.15) is 62.5 Å². The van der Waals surface area contributed by atoms with Crippen LogP contribution in [0.15, 0.2) is 18.2 Å². The van der Waals surface area contributed by atoms with Crippen molar-refractivity contribution in [3.05, 3.63) is 29.3 Å². The molecule has 0 radical (unpaired) electrons. The summed E-state index contributed by atoms with van der Waals surface area (Å²) in [6.07, 6.45) is 12.2. The molecule has 1 aromatic rings. The van der Waals surface area contributed by atoms with E-state index in [1.807, 2.05) is 0 Å². The van der Waals surface area contributed by atoms with Crippen molar-refractivity contribution in [2.45, 2.75) is 63.3 Å². The normalized spacial score (nSPS) is 25.3. The Labute approximate surface area is 128 Å². The van der Waals surface area contributed by atoms with Crippen LogP contribution >= 0.6 is 0 Å². The minimum absolute atomic E-state index is 0.330. The van der Waals surface area contributed by atoms with Crippen molar-refractivity contribution in [1.82, 2.24) is 4.90 Å². The van der Waals surface area contributed by atoms with E-state index in [0.29, 0.717) is 5.54 Å². The fourth-order valence-corrected chi connectivity index (χ4v) is 4.72. The average molecular weight is 285 g/mol. The summed E-state index contributed by atoms with van der Waals surface area (Å²) in [5.74, 6) is 1.13. The van der Waals surface area contributed by atoms with E-state index in [1.165, 1.54) is 70.0 Å². The van der Waals surface area contributed by atoms with Crippen LogP contribution in [0.4, 0.5) is 0 Å². The maximum absolute atomic E-state index is 5.71. The summed E-state index contributed by atoms with van der Waals surface area (Å²) in [4.78, 5) is 2.83. The van der Waals surface area contributed by atoms with E-state index in [0.717, 1.165) is 18.8 Å². The van der Waals surface area contributed by atoms with Gasteiger partial charge in [-0.3, -0.25) is 4.90 Å². The first-order chi connectivity index (χ1) is 10.4. The lowest BCUT2D eigenvalue weighted by atomic mass is 9.74. The Bertz CT molecular complexity index is 498. The molecule has 0 amide bonds. The number of hydrogen-bond donors (Lipinski definition) is 0. The third kappa shape index (κ3) is 2.38. The third-order valence-electron chi connectivity index (χ3n) is 5.87. The van der Waals surface area contributed by atoms with E-state index in [9.17, 15) is 0 Å². The minimum Gasteiger partial charge on any atom is -0.493 e. The number of nitrogens with zero attached hydrogens (tertiary/aromatic N) is 1. The molecule has 2 nitrogen and oxygen atoms in total. The molecule has 1 saturated heterocycles. The summed E-state index contributed by atoms with van der Waals surface area (Å²) in [7, 11) is 0. The number of ether oxygens (including phenoxy) is 1. The zero-order valence-electron chi connectivity index (χ0n) is 13.1. The smallest absolute Gasteiger partial charge is 0.122 e. The molecule has 1 saturated carbocycles. The van der Waals surface area contributed by atoms with Gasteiger partial charge in [0.05, 0.1) is 6.61 Å². The van der Waals surface area contributed by atoms with E-state index in [-0.39, 0.29) is 0 Å². The molecule has 0 bridgehead atoms. The van der Waals surface area contributed by atoms with Gasteiger partial charge < -0.3 is 4.74 Å². The zero-order chi connectivity index (χ0) is 14.1. The van der Waals surface area contributed by atoms with E-state index >= 15 is 0 Å². The monoisotopic (exact) mass is 285 g/mol. The van der Waals surface area contributed by atoms with Crippen molar-refractivity contribution in [1.29, 1.82) is 0 Å². The first-order valence-corrected chi connectivity index (χ1v) is 8.90. The molecule has 3 aliphatic rings. The molecule has 0 atom stereocenters. The van der Waals surface area contributed by atoms with E-state index in [2.05, 4.69) is 23.1 Å². The Morgan fingerprint density at radius 3 is 2.48 bits per heavy atom. The molecule has 2 aliphatic heterocycles. The number of hydrogen-bond acceptors (Lipinski definition) is 2. The second kappa shape index (κ2) is 5.64. The molecule has 2 fully saturated rings. The Morgan fingerprint density at radius 2 is 1.67 bits per heavy atom. The molecule has 0 unspecified atom stereocenters. The molecular formula is C19H27NO. The number of piperidine rings is 1. The van der Waals surface area contributed by atoms with Gasteiger partial charge in [-0.25, -0.2) is 0 Å². The lowest BCUT2D eigenvalue weighted by Crippen LogP contribution is -2.49. The SMILES string of the molecule is c1cc2c(cc1C1(N3CCCCC3)CCCCC1)CCO2. The quantitative estimate of drug-likeness (QED) is 0.804. The van der Waals surface area contributed by atoms with Crippen LogP contribution in [-0.4, -0.2) is 24.6 Å². The summed E-state index contributed by atoms with van der Waals surface area (Å²) in [6, 6.07) is 7.07. The van der Waals surface area contributed by atoms with Gasteiger partial charge in [-0.05, 0) is 56.0 Å². The predicted octanol–water partition coefficient (Wildman–Crippen LogP) is 4.27. The first kappa shape index (κ1) is 13.6. The molecule has 0 N–H and O–H groups in total. The molecule has 2 heteroatoms. The molecule has 4 rings (SSSR count). The maximum atomic E-state index is 5.71. The highest BCUT2D eigenvalue weighted by Gasteiger charge is 2.40. The summed E-state index contributed by atoms with van der Waals surface area (Å²) < 4.78 is 5.71. The van der Waals surface area contributed by atoms with Crippen LogP contribution in [0.3, 0.4) is 0 Å². The van der Waals surface area contributed by atoms with Crippen LogP contribution in [0.5, 0.6) is 5.75 Å². The Hall–Kier alpha value is -1.02. The second-order valence-corrected chi connectivity index (χ2v) is 7.06. The molecule has 1 aliphatic carbocycles. The molecular weight excluding hydrogens is 258 g/mol. The standard InChI is InChI=1S/C19H27NO/c1-3-10-19(11-4-1,20-12-5-2-6-13-20)17-7-8-18-16(15-17)9-14-21-18/h7-8,15H,1-6,9-14H2. The van der Waals surface area contributed by atoms with Gasteiger partial charge in [0.2, 0.25) is 0 Å². The van der Waals surface area contributed by atoms with Gasteiger partial charge in [0.25, 0.3) is 0 Å². The Kier molecular flexibility index (Phi) is 3.66. The minimum atomic E-state index is 0.330. The summed E-state index contributed by atoms with van der Waals surface area (Å²) in [6.45, 7) is 3.47. The van der Waals surface area contributed by atoms with Crippen molar-refractivity contribution < 1.29 is 4.74 Å². The molecule has 2 heterocycles. The molecule has 21 heavy (non-hydrogen) atoms. The maximum Gasteiger partial charge on any atom is 0.122 e. The number of benzene rings is 1. The van der Waals surface area contributed by atoms with Gasteiger partial charge in [-0.1, -0.05) is 37.8 Å². The fourth-order valence-electron chi connectivity index (χ4n) is 4.72. The first-order valence-electron chi connectivity index (χ1n) is 8.90. The van der Waals surface area contributed by atoms with Gasteiger partial charge in [0, 0.05) is 12.0 Å². The zero-order valence-corrected chi connectivity index (χ0v) is 13.1. The molecule has 1 aromatic carbocycles. The van der Waals surface area contributed by atoms with Crippen LogP contribution in [-0.2, 0) is 12.0 Å². The van der Waals surface area contributed by atoms with Gasteiger partial charge in [0.1, 0.15) is 5.75 Å². The van der Waals surface area contributed by atoms with Crippen LogP contribution in [0.25, 0.3) is 0 Å². The van der Waals surface area contributed by atoms with E-state index < -0.39 is 0 Å². The van der Waals surface area contributed by atoms with Crippen molar-refractivity contribution >= 4 is 0 Å². The number of rotatable bonds is 2. The van der Waals surface area contributed by atoms with Crippen LogP contribution in [0.2, 0.25) is 0 Å². The summed E-state index contributed by atoms with van der Waals surface area (Å²) >= 11 is 0. The average Bonchev–Trinajstić information content (AvgIpc) is 3.04. The van der Waals surface area contributed by atoms with Crippen molar-refractivity contribution in [3.8, 4) is 5.75 Å². The predicted molar refractivity (Wildman–Crippen MR) is 85.8 cm³/mol. The molecule has 0 spiro atoms. The van der Waals surface area contributed by atoms with Gasteiger partial charge in [0.15, 0.2) is 0 Å². The van der Waals surface area contributed by atoms with E-state index in [4.69, 9.17) is 4.74 Å². The lowest BCUT2D eigenvalue weighted by Gasteiger charge is -2.49. The molecule has 114 valence electrons. The lowest BCUT2D eigenvalue weighted by molar-refractivity contribution is 0.0303. The van der Waals surface area contributed by atoms with Gasteiger partial charge in [-0.15, -0.1) is 0 Å². The fraction of sp³-hybridized carbons (Fsp3) is 0.684. The van der Waals surface area contributed by atoms with Gasteiger partial charge in [-0.2, -0.15) is 0 Å². The van der Waals surface area contributed by atoms with Crippen molar-refractivity contribution in [2.75, 3.05) is 19.7 Å². The number of likely N-dealkylation sites (tertiary alicyclic amines) is 1. The Morgan fingerprint density at radius 1 is 0.905 bits per heavy atom. The Balaban J connectivity index is 1.71. The van der Waals surface area contributed by atoms with Gasteiger partial charge >= 0.3 is 0 Å². The van der Waals surface area contributed by atoms with E-state index in [1.54, 1.807) is 5.56 Å². The highest BCUT2D eigenvalue weighted by Crippen LogP contribution is 2.45. The highest BCUT2D eigenvalue weighted by atomic mass is 16.5. The molecule has 0 aromatic heterocycles. The third-order valence-corrected chi connectivity index (χ3v) is 5.87. The van der Waals surface area contributed by atoms with Crippen molar-refractivity contribution in [2.24, 2.45) is 0 Å². The highest BCUT2D eigenvalue weighted by molar-refractivity contribution is 5.42. The largest absolute Gasteiger partial charge is 0.493 e. The number of fused-ring (bicyclic) bond motifs is 1. The van der Waals surface area contributed by atoms with Crippen molar-refractivity contribution in [3.63, 3.8) is 0 Å². The summed E-state index contributed by atoms with van der Waals surface area (Å²) in [5.41, 5.74) is 3.35.